The fourth-order valence-electron chi connectivity index (χ4n) is 2.01. The Bertz CT molecular complexity index is 762. The Morgan fingerprint density at radius 2 is 1.79 bits per heavy atom. The number of hydrogen-bond acceptors (Lipinski definition) is 3. The van der Waals surface area contributed by atoms with E-state index < -0.39 is 12.0 Å². The summed E-state index contributed by atoms with van der Waals surface area (Å²) in [5.74, 6) is -0.135. The molecule has 2 amide bonds. The molecule has 2 aromatic carbocycles. The number of nitrogens with one attached hydrogen (secondary N) is 2. The Labute approximate surface area is 154 Å². The number of hydrazine groups is 1. The van der Waals surface area contributed by atoms with Crippen molar-refractivity contribution >= 4 is 34.4 Å². The number of halogens is 1. The molecule has 0 aliphatic carbocycles. The Morgan fingerprint density at radius 1 is 1.08 bits per heavy atom. The van der Waals surface area contributed by atoms with Crippen LogP contribution in [0.2, 0.25) is 0 Å². The van der Waals surface area contributed by atoms with Crippen molar-refractivity contribution in [2.75, 3.05) is 0 Å². The van der Waals surface area contributed by atoms with Gasteiger partial charge in [0.05, 0.1) is 5.56 Å². The molecule has 2 rings (SSSR count). The van der Waals surface area contributed by atoms with E-state index in [-0.39, 0.29) is 5.91 Å². The number of carbonyl (C=O) groups is 2. The quantitative estimate of drug-likeness (QED) is 0.570. The van der Waals surface area contributed by atoms with Crippen molar-refractivity contribution < 1.29 is 14.3 Å². The van der Waals surface area contributed by atoms with Gasteiger partial charge in [-0.3, -0.25) is 20.4 Å². The third-order valence-corrected chi connectivity index (χ3v) is 4.38. The Hall–Kier alpha value is -2.09. The fourth-order valence-corrected chi connectivity index (χ4v) is 2.64. The van der Waals surface area contributed by atoms with Gasteiger partial charge in [-0.25, -0.2) is 0 Å². The molecule has 0 aliphatic heterocycles. The van der Waals surface area contributed by atoms with Crippen molar-refractivity contribution in [3.05, 3.63) is 62.7 Å². The van der Waals surface area contributed by atoms with E-state index in [9.17, 15) is 9.59 Å². The average molecular weight is 438 g/mol. The van der Waals surface area contributed by atoms with Gasteiger partial charge in [-0.1, -0.05) is 24.3 Å². The lowest BCUT2D eigenvalue weighted by atomic mass is 10.1. The molecule has 0 heterocycles. The molecule has 126 valence electrons. The number of carbonyl (C=O) groups excluding carboxylic acids is 2. The van der Waals surface area contributed by atoms with E-state index >= 15 is 0 Å². The van der Waals surface area contributed by atoms with E-state index in [4.69, 9.17) is 4.74 Å². The average Bonchev–Trinajstić information content (AvgIpc) is 2.56. The zero-order valence-electron chi connectivity index (χ0n) is 13.7. The highest BCUT2D eigenvalue weighted by Gasteiger charge is 2.17. The first-order valence-corrected chi connectivity index (χ1v) is 8.55. The largest absolute Gasteiger partial charge is 0.481 e. The van der Waals surface area contributed by atoms with Gasteiger partial charge in [-0.05, 0) is 72.7 Å². The lowest BCUT2D eigenvalue weighted by Crippen LogP contribution is -2.47. The van der Waals surface area contributed by atoms with Crippen molar-refractivity contribution in [3.63, 3.8) is 0 Å². The van der Waals surface area contributed by atoms with Crippen LogP contribution in [0.5, 0.6) is 5.75 Å². The molecule has 24 heavy (non-hydrogen) atoms. The molecule has 1 atom stereocenters. The molecule has 0 saturated heterocycles. The van der Waals surface area contributed by atoms with Crippen molar-refractivity contribution in [1.82, 2.24) is 10.9 Å². The summed E-state index contributed by atoms with van der Waals surface area (Å²) in [5, 5.41) is 0. The Balaban J connectivity index is 1.93. The number of benzene rings is 2. The van der Waals surface area contributed by atoms with Gasteiger partial charge in [0.1, 0.15) is 5.75 Å². The third-order valence-electron chi connectivity index (χ3n) is 3.43. The number of hydrogen-bond donors (Lipinski definition) is 2. The van der Waals surface area contributed by atoms with Gasteiger partial charge in [-0.15, -0.1) is 0 Å². The number of amides is 2. The standard InChI is InChI=1S/C18H19IN2O3/c1-11-8-9-12(2)16(10-11)24-13(3)17(22)20-21-18(23)14-6-4-5-7-15(14)19/h4-10,13H,1-3H3,(H,20,22)(H,21,23). The van der Waals surface area contributed by atoms with Crippen LogP contribution < -0.4 is 15.6 Å². The first-order chi connectivity index (χ1) is 11.4. The lowest BCUT2D eigenvalue weighted by molar-refractivity contribution is -0.128. The highest BCUT2D eigenvalue weighted by Crippen LogP contribution is 2.20. The number of aryl methyl sites for hydroxylation is 2. The lowest BCUT2D eigenvalue weighted by Gasteiger charge is -2.17. The zero-order chi connectivity index (χ0) is 17.7. The van der Waals surface area contributed by atoms with Crippen LogP contribution in [0.3, 0.4) is 0 Å². The van der Waals surface area contributed by atoms with Crippen LogP contribution in [-0.4, -0.2) is 17.9 Å². The summed E-state index contributed by atoms with van der Waals surface area (Å²) in [5.41, 5.74) is 7.30. The first-order valence-electron chi connectivity index (χ1n) is 7.47. The van der Waals surface area contributed by atoms with Gasteiger partial charge in [0, 0.05) is 3.57 Å². The molecule has 0 bridgehead atoms. The van der Waals surface area contributed by atoms with Crippen molar-refractivity contribution in [1.29, 1.82) is 0 Å². The molecule has 0 saturated carbocycles. The van der Waals surface area contributed by atoms with Crippen LogP contribution in [0.4, 0.5) is 0 Å². The van der Waals surface area contributed by atoms with E-state index in [1.54, 1.807) is 19.1 Å². The maximum atomic E-state index is 12.1. The topological polar surface area (TPSA) is 67.4 Å². The summed E-state index contributed by atoms with van der Waals surface area (Å²) in [4.78, 5) is 24.2. The monoisotopic (exact) mass is 438 g/mol. The molecule has 0 fully saturated rings. The van der Waals surface area contributed by atoms with E-state index in [1.165, 1.54) is 0 Å². The van der Waals surface area contributed by atoms with Gasteiger partial charge in [0.2, 0.25) is 0 Å². The Morgan fingerprint density at radius 3 is 2.50 bits per heavy atom. The SMILES string of the molecule is Cc1ccc(C)c(OC(C)C(=O)NNC(=O)c2ccccc2I)c1. The van der Waals surface area contributed by atoms with Crippen LogP contribution in [0, 0.1) is 17.4 Å². The predicted molar refractivity (Wildman–Crippen MR) is 101 cm³/mol. The minimum absolute atomic E-state index is 0.368. The molecule has 0 radical (unpaired) electrons. The minimum Gasteiger partial charge on any atom is -0.481 e. The maximum absolute atomic E-state index is 12.1. The van der Waals surface area contributed by atoms with Crippen LogP contribution in [-0.2, 0) is 4.79 Å². The molecular formula is C18H19IN2O3. The van der Waals surface area contributed by atoms with Crippen LogP contribution in [0.1, 0.15) is 28.4 Å². The molecule has 5 nitrogen and oxygen atoms in total. The first kappa shape index (κ1) is 18.3. The van der Waals surface area contributed by atoms with Gasteiger partial charge >= 0.3 is 0 Å². The number of ether oxygens (including phenoxy) is 1. The van der Waals surface area contributed by atoms with Crippen LogP contribution >= 0.6 is 22.6 Å². The molecule has 0 spiro atoms. The van der Waals surface area contributed by atoms with Gasteiger partial charge < -0.3 is 4.74 Å². The second-order valence-corrected chi connectivity index (χ2v) is 6.61. The highest BCUT2D eigenvalue weighted by atomic mass is 127. The summed E-state index contributed by atoms with van der Waals surface area (Å²) in [7, 11) is 0. The summed E-state index contributed by atoms with van der Waals surface area (Å²) in [6.07, 6.45) is -0.736. The third kappa shape index (κ3) is 4.70. The fraction of sp³-hybridized carbons (Fsp3) is 0.222. The molecule has 0 aliphatic rings. The molecule has 1 unspecified atom stereocenters. The van der Waals surface area contributed by atoms with E-state index in [2.05, 4.69) is 33.4 Å². The summed E-state index contributed by atoms with van der Waals surface area (Å²) >= 11 is 2.07. The summed E-state index contributed by atoms with van der Waals surface area (Å²) in [6, 6.07) is 12.9. The van der Waals surface area contributed by atoms with E-state index in [1.807, 2.05) is 44.2 Å². The van der Waals surface area contributed by atoms with Gasteiger partial charge in [0.15, 0.2) is 6.10 Å². The van der Waals surface area contributed by atoms with Crippen LogP contribution in [0.15, 0.2) is 42.5 Å². The second-order valence-electron chi connectivity index (χ2n) is 5.45. The van der Waals surface area contributed by atoms with E-state index in [0.29, 0.717) is 11.3 Å². The van der Waals surface area contributed by atoms with Crippen molar-refractivity contribution in [2.45, 2.75) is 26.9 Å². The van der Waals surface area contributed by atoms with Crippen molar-refractivity contribution in [3.8, 4) is 5.75 Å². The Kier molecular flexibility index (Phi) is 6.19. The normalized spacial score (nSPS) is 11.5. The van der Waals surface area contributed by atoms with Gasteiger partial charge in [-0.2, -0.15) is 0 Å². The summed E-state index contributed by atoms with van der Waals surface area (Å²) in [6.45, 7) is 5.51. The molecule has 2 N–H and O–H groups in total. The van der Waals surface area contributed by atoms with Gasteiger partial charge in [0.25, 0.3) is 11.8 Å². The highest BCUT2D eigenvalue weighted by molar-refractivity contribution is 14.1. The number of rotatable bonds is 4. The predicted octanol–water partition coefficient (Wildman–Crippen LogP) is 3.14. The van der Waals surface area contributed by atoms with Crippen molar-refractivity contribution in [2.24, 2.45) is 0 Å². The molecule has 2 aromatic rings. The van der Waals surface area contributed by atoms with E-state index in [0.717, 1.165) is 14.7 Å². The minimum atomic E-state index is -0.736. The smallest absolute Gasteiger partial charge is 0.279 e. The molecular weight excluding hydrogens is 419 g/mol. The molecule has 6 heteroatoms. The zero-order valence-corrected chi connectivity index (χ0v) is 15.9. The summed E-state index contributed by atoms with van der Waals surface area (Å²) < 4.78 is 6.49. The second kappa shape index (κ2) is 8.14. The maximum Gasteiger partial charge on any atom is 0.279 e. The molecule has 0 aromatic heterocycles. The van der Waals surface area contributed by atoms with Crippen LogP contribution in [0.25, 0.3) is 0 Å².